The van der Waals surface area contributed by atoms with Crippen molar-refractivity contribution >= 4 is 0 Å². The Morgan fingerprint density at radius 3 is 2.80 bits per heavy atom. The van der Waals surface area contributed by atoms with Gasteiger partial charge >= 0.3 is 0 Å². The number of nitrogens with zero attached hydrogens (tertiary/aromatic N) is 3. The number of ether oxygens (including phenoxy) is 1. The van der Waals surface area contributed by atoms with Crippen LogP contribution in [0.3, 0.4) is 0 Å². The Hall–Kier alpha value is -0.870. The van der Waals surface area contributed by atoms with Gasteiger partial charge in [0.25, 0.3) is 0 Å². The zero-order valence-electron chi connectivity index (χ0n) is 9.35. The van der Waals surface area contributed by atoms with Gasteiger partial charge in [-0.25, -0.2) is 4.98 Å². The van der Waals surface area contributed by atoms with Crippen LogP contribution >= 0.6 is 0 Å². The van der Waals surface area contributed by atoms with Crippen molar-refractivity contribution in [2.24, 2.45) is 0 Å². The summed E-state index contributed by atoms with van der Waals surface area (Å²) in [6.07, 6.45) is 5.09. The first kappa shape index (κ1) is 10.6. The Labute approximate surface area is 90.9 Å². The van der Waals surface area contributed by atoms with Gasteiger partial charge in [0.05, 0.1) is 25.2 Å². The Balaban J connectivity index is 1.76. The fourth-order valence-corrected chi connectivity index (χ4v) is 1.79. The fraction of sp³-hybridized carbons (Fsp3) is 0.727. The lowest BCUT2D eigenvalue weighted by Gasteiger charge is -2.26. The summed E-state index contributed by atoms with van der Waals surface area (Å²) >= 11 is 0. The van der Waals surface area contributed by atoms with E-state index in [1.165, 1.54) is 5.69 Å². The first-order chi connectivity index (χ1) is 7.38. The smallest absolute Gasteiger partial charge is 0.0949 e. The molecular formula is C11H19N3O. The Morgan fingerprint density at radius 2 is 2.13 bits per heavy atom. The molecule has 0 saturated carbocycles. The second kappa shape index (κ2) is 5.28. The second-order valence-electron chi connectivity index (χ2n) is 3.91. The monoisotopic (exact) mass is 209 g/mol. The van der Waals surface area contributed by atoms with Crippen molar-refractivity contribution < 1.29 is 4.74 Å². The number of morpholine rings is 1. The minimum atomic E-state index is 0.879. The highest BCUT2D eigenvalue weighted by Crippen LogP contribution is 2.00. The molecule has 1 aromatic rings. The zero-order chi connectivity index (χ0) is 10.5. The van der Waals surface area contributed by atoms with Crippen LogP contribution in [0.2, 0.25) is 0 Å². The average molecular weight is 209 g/mol. The van der Waals surface area contributed by atoms with Crippen molar-refractivity contribution in [3.05, 3.63) is 18.2 Å². The van der Waals surface area contributed by atoms with Crippen molar-refractivity contribution in [3.8, 4) is 0 Å². The molecule has 4 heteroatoms. The van der Waals surface area contributed by atoms with Crippen molar-refractivity contribution in [1.82, 2.24) is 14.5 Å². The maximum Gasteiger partial charge on any atom is 0.0949 e. The summed E-state index contributed by atoms with van der Waals surface area (Å²) in [7, 11) is 0. The molecule has 0 bridgehead atoms. The van der Waals surface area contributed by atoms with E-state index in [9.17, 15) is 0 Å². The molecule has 1 aliphatic rings. The van der Waals surface area contributed by atoms with E-state index in [-0.39, 0.29) is 0 Å². The molecule has 84 valence electrons. The Kier molecular flexibility index (Phi) is 3.75. The van der Waals surface area contributed by atoms with Crippen LogP contribution in [0.25, 0.3) is 0 Å². The van der Waals surface area contributed by atoms with Gasteiger partial charge in [0, 0.05) is 32.4 Å². The van der Waals surface area contributed by atoms with Gasteiger partial charge in [-0.3, -0.25) is 4.90 Å². The standard InChI is InChI=1S/C11H19N3O/c1-2-11-9-14(10-12-11)4-3-13-5-7-15-8-6-13/h9-10H,2-8H2,1H3. The molecule has 1 saturated heterocycles. The van der Waals surface area contributed by atoms with Gasteiger partial charge < -0.3 is 9.30 Å². The normalized spacial score (nSPS) is 18.2. The molecule has 1 aliphatic heterocycles. The van der Waals surface area contributed by atoms with Crippen LogP contribution in [0, 0.1) is 0 Å². The van der Waals surface area contributed by atoms with Crippen LogP contribution in [-0.2, 0) is 17.7 Å². The SMILES string of the molecule is CCc1cn(CCN2CCOCC2)cn1. The number of aromatic nitrogens is 2. The van der Waals surface area contributed by atoms with E-state index in [1.54, 1.807) is 0 Å². The largest absolute Gasteiger partial charge is 0.379 e. The van der Waals surface area contributed by atoms with E-state index in [1.807, 2.05) is 6.33 Å². The van der Waals surface area contributed by atoms with Crippen molar-refractivity contribution in [2.45, 2.75) is 19.9 Å². The summed E-state index contributed by atoms with van der Waals surface area (Å²) in [6.45, 7) is 8.16. The van der Waals surface area contributed by atoms with Gasteiger partial charge in [-0.1, -0.05) is 6.92 Å². The van der Waals surface area contributed by atoms with Crippen LogP contribution in [0.5, 0.6) is 0 Å². The number of rotatable bonds is 4. The first-order valence-corrected chi connectivity index (χ1v) is 5.69. The van der Waals surface area contributed by atoms with Crippen molar-refractivity contribution in [3.63, 3.8) is 0 Å². The Bertz CT molecular complexity index is 292. The summed E-state index contributed by atoms with van der Waals surface area (Å²) in [5.41, 5.74) is 1.18. The lowest BCUT2D eigenvalue weighted by atomic mass is 10.4. The van der Waals surface area contributed by atoms with Crippen LogP contribution in [0.4, 0.5) is 0 Å². The van der Waals surface area contributed by atoms with Crippen LogP contribution < -0.4 is 0 Å². The minimum Gasteiger partial charge on any atom is -0.379 e. The van der Waals surface area contributed by atoms with E-state index in [0.29, 0.717) is 0 Å². The van der Waals surface area contributed by atoms with Crippen molar-refractivity contribution in [1.29, 1.82) is 0 Å². The molecule has 0 radical (unpaired) electrons. The molecule has 4 nitrogen and oxygen atoms in total. The summed E-state index contributed by atoms with van der Waals surface area (Å²) in [5.74, 6) is 0. The third-order valence-electron chi connectivity index (χ3n) is 2.83. The maximum atomic E-state index is 5.31. The maximum absolute atomic E-state index is 5.31. The predicted molar refractivity (Wildman–Crippen MR) is 58.9 cm³/mol. The molecule has 0 aromatic carbocycles. The van der Waals surface area contributed by atoms with Crippen LogP contribution in [0.15, 0.2) is 12.5 Å². The third-order valence-corrected chi connectivity index (χ3v) is 2.83. The molecule has 0 atom stereocenters. The quantitative estimate of drug-likeness (QED) is 0.734. The molecule has 0 N–H and O–H groups in total. The molecule has 0 amide bonds. The molecule has 1 fully saturated rings. The number of imidazole rings is 1. The fourth-order valence-electron chi connectivity index (χ4n) is 1.79. The number of hydrogen-bond donors (Lipinski definition) is 0. The highest BCUT2D eigenvalue weighted by Gasteiger charge is 2.09. The van der Waals surface area contributed by atoms with Gasteiger partial charge in [-0.05, 0) is 6.42 Å². The van der Waals surface area contributed by atoms with E-state index >= 15 is 0 Å². The molecule has 15 heavy (non-hydrogen) atoms. The van der Waals surface area contributed by atoms with Crippen molar-refractivity contribution in [2.75, 3.05) is 32.8 Å². The molecule has 1 aromatic heterocycles. The highest BCUT2D eigenvalue weighted by molar-refractivity contribution is 4.95. The molecule has 2 heterocycles. The van der Waals surface area contributed by atoms with E-state index < -0.39 is 0 Å². The zero-order valence-corrected chi connectivity index (χ0v) is 9.35. The lowest BCUT2D eigenvalue weighted by molar-refractivity contribution is 0.0364. The molecule has 0 unspecified atom stereocenters. The topological polar surface area (TPSA) is 30.3 Å². The van der Waals surface area contributed by atoms with Crippen LogP contribution in [0.1, 0.15) is 12.6 Å². The second-order valence-corrected chi connectivity index (χ2v) is 3.91. The summed E-state index contributed by atoms with van der Waals surface area (Å²) in [5, 5.41) is 0. The Morgan fingerprint density at radius 1 is 1.33 bits per heavy atom. The molecule has 0 spiro atoms. The summed E-state index contributed by atoms with van der Waals surface area (Å²) in [6, 6.07) is 0. The minimum absolute atomic E-state index is 0.879. The van der Waals surface area contributed by atoms with Gasteiger partial charge in [0.1, 0.15) is 0 Å². The van der Waals surface area contributed by atoms with E-state index in [4.69, 9.17) is 4.74 Å². The average Bonchev–Trinajstić information content (AvgIpc) is 2.76. The van der Waals surface area contributed by atoms with E-state index in [2.05, 4.69) is 27.6 Å². The van der Waals surface area contributed by atoms with Gasteiger partial charge in [-0.15, -0.1) is 0 Å². The molecule has 0 aliphatic carbocycles. The lowest BCUT2D eigenvalue weighted by Crippen LogP contribution is -2.38. The van der Waals surface area contributed by atoms with Gasteiger partial charge in [-0.2, -0.15) is 0 Å². The first-order valence-electron chi connectivity index (χ1n) is 5.69. The van der Waals surface area contributed by atoms with Gasteiger partial charge in [0.15, 0.2) is 0 Å². The number of hydrogen-bond acceptors (Lipinski definition) is 3. The van der Waals surface area contributed by atoms with Gasteiger partial charge in [0.2, 0.25) is 0 Å². The summed E-state index contributed by atoms with van der Waals surface area (Å²) in [4.78, 5) is 6.76. The number of aryl methyl sites for hydroxylation is 1. The molecular weight excluding hydrogens is 190 g/mol. The van der Waals surface area contributed by atoms with Crippen LogP contribution in [-0.4, -0.2) is 47.3 Å². The van der Waals surface area contributed by atoms with E-state index in [0.717, 1.165) is 45.8 Å². The predicted octanol–water partition coefficient (Wildman–Crippen LogP) is 0.778. The highest BCUT2D eigenvalue weighted by atomic mass is 16.5. The summed E-state index contributed by atoms with van der Waals surface area (Å²) < 4.78 is 7.49. The molecule has 2 rings (SSSR count). The third kappa shape index (κ3) is 3.04.